The van der Waals surface area contributed by atoms with Gasteiger partial charge in [-0.3, -0.25) is 0 Å². The molecule has 2 N–H and O–H groups in total. The summed E-state index contributed by atoms with van der Waals surface area (Å²) in [6.07, 6.45) is -2.03. The van der Waals surface area contributed by atoms with Crippen LogP contribution in [0.15, 0.2) is 0 Å². The number of hydrogen-bond donors (Lipinski definition) is 2. The van der Waals surface area contributed by atoms with E-state index in [0.29, 0.717) is 12.8 Å². The van der Waals surface area contributed by atoms with Crippen LogP contribution >= 0.6 is 0 Å². The van der Waals surface area contributed by atoms with Crippen LogP contribution in [0.3, 0.4) is 0 Å². The molecule has 0 amide bonds. The molecular formula is C9H14O6. The molecule has 0 radical (unpaired) electrons. The summed E-state index contributed by atoms with van der Waals surface area (Å²) in [5, 5.41) is 17.6. The van der Waals surface area contributed by atoms with E-state index in [9.17, 15) is 9.59 Å². The van der Waals surface area contributed by atoms with E-state index in [4.69, 9.17) is 19.7 Å². The maximum absolute atomic E-state index is 10.8. The van der Waals surface area contributed by atoms with Gasteiger partial charge in [-0.15, -0.1) is 0 Å². The third kappa shape index (κ3) is 2.10. The van der Waals surface area contributed by atoms with Crippen LogP contribution in [0.1, 0.15) is 26.7 Å². The molecule has 6 nitrogen and oxygen atoms in total. The fourth-order valence-corrected chi connectivity index (χ4v) is 1.56. The molecule has 0 aromatic rings. The molecule has 1 aliphatic heterocycles. The summed E-state index contributed by atoms with van der Waals surface area (Å²) in [4.78, 5) is 21.5. The van der Waals surface area contributed by atoms with Crippen molar-refractivity contribution in [3.05, 3.63) is 0 Å². The molecule has 0 saturated carbocycles. The summed E-state index contributed by atoms with van der Waals surface area (Å²) in [7, 11) is 0. The Morgan fingerprint density at radius 2 is 1.40 bits per heavy atom. The van der Waals surface area contributed by atoms with Gasteiger partial charge in [0.15, 0.2) is 18.0 Å². The Labute approximate surface area is 86.8 Å². The molecule has 15 heavy (non-hydrogen) atoms. The Morgan fingerprint density at radius 1 is 1.07 bits per heavy atom. The van der Waals surface area contributed by atoms with Crippen LogP contribution < -0.4 is 0 Å². The SMILES string of the molecule is CCC1(CC)OC(C(=O)O)C(C(=O)O)O1. The standard InChI is InChI=1S/C9H14O6/c1-3-9(4-2)14-5(7(10)11)6(15-9)8(12)13/h5-6H,3-4H2,1-2H3,(H,10,11)(H,12,13). The highest BCUT2D eigenvalue weighted by Gasteiger charge is 2.52. The van der Waals surface area contributed by atoms with Crippen LogP contribution in [0.2, 0.25) is 0 Å². The Hall–Kier alpha value is -1.14. The summed E-state index contributed by atoms with van der Waals surface area (Å²) in [6, 6.07) is 0. The van der Waals surface area contributed by atoms with Gasteiger partial charge >= 0.3 is 11.9 Å². The molecule has 0 aromatic heterocycles. The minimum Gasteiger partial charge on any atom is -0.479 e. The van der Waals surface area contributed by atoms with Crippen molar-refractivity contribution in [1.29, 1.82) is 0 Å². The van der Waals surface area contributed by atoms with E-state index in [1.807, 2.05) is 0 Å². The number of hydrogen-bond acceptors (Lipinski definition) is 4. The first-order valence-corrected chi connectivity index (χ1v) is 4.77. The highest BCUT2D eigenvalue weighted by Crippen LogP contribution is 2.34. The lowest BCUT2D eigenvalue weighted by Gasteiger charge is -2.24. The van der Waals surface area contributed by atoms with Crippen LogP contribution in [0, 0.1) is 0 Å². The van der Waals surface area contributed by atoms with Gasteiger partial charge in [0.25, 0.3) is 0 Å². The van der Waals surface area contributed by atoms with Gasteiger partial charge < -0.3 is 19.7 Å². The molecular weight excluding hydrogens is 204 g/mol. The maximum atomic E-state index is 10.8. The van der Waals surface area contributed by atoms with E-state index in [2.05, 4.69) is 0 Å². The van der Waals surface area contributed by atoms with Gasteiger partial charge in [-0.1, -0.05) is 13.8 Å². The number of carbonyl (C=O) groups is 2. The molecule has 1 aliphatic rings. The van der Waals surface area contributed by atoms with Crippen molar-refractivity contribution in [3.63, 3.8) is 0 Å². The van der Waals surface area contributed by atoms with Gasteiger partial charge in [-0.05, 0) is 12.8 Å². The lowest BCUT2D eigenvalue weighted by molar-refractivity contribution is -0.189. The van der Waals surface area contributed by atoms with Gasteiger partial charge in [0.2, 0.25) is 0 Å². The number of aliphatic carboxylic acids is 2. The second-order valence-electron chi connectivity index (χ2n) is 3.37. The zero-order valence-corrected chi connectivity index (χ0v) is 8.60. The normalized spacial score (nSPS) is 28.9. The zero-order valence-electron chi connectivity index (χ0n) is 8.60. The summed E-state index contributed by atoms with van der Waals surface area (Å²) >= 11 is 0. The number of carboxylic acid groups (broad SMARTS) is 2. The molecule has 86 valence electrons. The molecule has 0 bridgehead atoms. The summed E-state index contributed by atoms with van der Waals surface area (Å²) in [6.45, 7) is 3.51. The summed E-state index contributed by atoms with van der Waals surface area (Å²) in [5.41, 5.74) is 0. The highest BCUT2D eigenvalue weighted by molar-refractivity contribution is 5.84. The highest BCUT2D eigenvalue weighted by atomic mass is 16.8. The van der Waals surface area contributed by atoms with Gasteiger partial charge in [-0.2, -0.15) is 0 Å². The molecule has 1 rings (SSSR count). The molecule has 1 fully saturated rings. The molecule has 1 heterocycles. The number of ether oxygens (including phenoxy) is 2. The third-order valence-corrected chi connectivity index (χ3v) is 2.52. The molecule has 2 atom stereocenters. The van der Waals surface area contributed by atoms with Gasteiger partial charge in [-0.25, -0.2) is 9.59 Å². The Balaban J connectivity index is 2.90. The smallest absolute Gasteiger partial charge is 0.336 e. The first-order chi connectivity index (χ1) is 6.95. The molecule has 2 unspecified atom stereocenters. The van der Waals surface area contributed by atoms with E-state index < -0.39 is 29.9 Å². The molecule has 1 saturated heterocycles. The van der Waals surface area contributed by atoms with E-state index in [0.717, 1.165) is 0 Å². The van der Waals surface area contributed by atoms with Crippen molar-refractivity contribution in [1.82, 2.24) is 0 Å². The molecule has 0 spiro atoms. The number of rotatable bonds is 4. The largest absolute Gasteiger partial charge is 0.479 e. The molecule has 6 heteroatoms. The van der Waals surface area contributed by atoms with Crippen molar-refractivity contribution >= 4 is 11.9 Å². The summed E-state index contributed by atoms with van der Waals surface area (Å²) < 4.78 is 10.4. The predicted molar refractivity (Wildman–Crippen MR) is 48.3 cm³/mol. The minimum absolute atomic E-state index is 0.414. The van der Waals surface area contributed by atoms with Crippen molar-refractivity contribution in [2.75, 3.05) is 0 Å². The average molecular weight is 218 g/mol. The van der Waals surface area contributed by atoms with E-state index >= 15 is 0 Å². The van der Waals surface area contributed by atoms with Crippen molar-refractivity contribution in [2.24, 2.45) is 0 Å². The van der Waals surface area contributed by atoms with Crippen LogP contribution in [0.5, 0.6) is 0 Å². The summed E-state index contributed by atoms with van der Waals surface area (Å²) in [5.74, 6) is -3.70. The van der Waals surface area contributed by atoms with Gasteiger partial charge in [0, 0.05) is 0 Å². The van der Waals surface area contributed by atoms with Crippen LogP contribution in [-0.2, 0) is 19.1 Å². The Kier molecular flexibility index (Phi) is 3.31. The Morgan fingerprint density at radius 3 is 1.60 bits per heavy atom. The van der Waals surface area contributed by atoms with Crippen LogP contribution in [0.25, 0.3) is 0 Å². The quantitative estimate of drug-likeness (QED) is 0.711. The Bertz CT molecular complexity index is 246. The monoisotopic (exact) mass is 218 g/mol. The van der Waals surface area contributed by atoms with Gasteiger partial charge in [0.1, 0.15) is 0 Å². The predicted octanol–water partition coefficient (Wildman–Crippen LogP) is 0.456. The third-order valence-electron chi connectivity index (χ3n) is 2.52. The second-order valence-corrected chi connectivity index (χ2v) is 3.37. The second kappa shape index (κ2) is 4.16. The fourth-order valence-electron chi connectivity index (χ4n) is 1.56. The average Bonchev–Trinajstić information content (AvgIpc) is 2.58. The van der Waals surface area contributed by atoms with E-state index in [-0.39, 0.29) is 0 Å². The van der Waals surface area contributed by atoms with Crippen LogP contribution in [0.4, 0.5) is 0 Å². The van der Waals surface area contributed by atoms with E-state index in [1.165, 1.54) is 0 Å². The lowest BCUT2D eigenvalue weighted by Crippen LogP contribution is -2.36. The zero-order chi connectivity index (χ0) is 11.6. The minimum atomic E-state index is -1.43. The first-order valence-electron chi connectivity index (χ1n) is 4.77. The lowest BCUT2D eigenvalue weighted by atomic mass is 10.1. The van der Waals surface area contributed by atoms with Crippen molar-refractivity contribution in [3.8, 4) is 0 Å². The van der Waals surface area contributed by atoms with Crippen LogP contribution in [-0.4, -0.2) is 40.1 Å². The molecule has 0 aliphatic carbocycles. The van der Waals surface area contributed by atoms with Crippen molar-refractivity contribution < 1.29 is 29.3 Å². The molecule has 0 aromatic carbocycles. The number of carboxylic acids is 2. The van der Waals surface area contributed by atoms with Crippen molar-refractivity contribution in [2.45, 2.75) is 44.7 Å². The topological polar surface area (TPSA) is 93.1 Å². The first kappa shape index (κ1) is 11.9. The maximum Gasteiger partial charge on any atom is 0.336 e. The van der Waals surface area contributed by atoms with E-state index in [1.54, 1.807) is 13.8 Å². The fraction of sp³-hybridized carbons (Fsp3) is 0.778. The van der Waals surface area contributed by atoms with Gasteiger partial charge in [0.05, 0.1) is 0 Å².